The molecule has 90 valence electrons. The van der Waals surface area contributed by atoms with Gasteiger partial charge in [0.25, 0.3) is 0 Å². The third-order valence-electron chi connectivity index (χ3n) is 3.13. The van der Waals surface area contributed by atoms with Crippen molar-refractivity contribution in [1.82, 2.24) is 4.90 Å². The number of hydrogen-bond acceptors (Lipinski definition) is 3. The molecule has 17 heavy (non-hydrogen) atoms. The smallest absolute Gasteiger partial charge is 0.144 e. The second-order valence-corrected chi connectivity index (χ2v) is 4.34. The lowest BCUT2D eigenvalue weighted by Gasteiger charge is -2.23. The summed E-state index contributed by atoms with van der Waals surface area (Å²) in [5, 5.41) is 0. The number of aliphatic imine (C=N–C) groups is 1. The van der Waals surface area contributed by atoms with E-state index < -0.39 is 0 Å². The Labute approximate surface area is 102 Å². The van der Waals surface area contributed by atoms with Gasteiger partial charge in [-0.25, -0.2) is 0 Å². The van der Waals surface area contributed by atoms with Crippen LogP contribution in [0.4, 0.5) is 0 Å². The van der Waals surface area contributed by atoms with E-state index in [-0.39, 0.29) is 12.1 Å². The molecule has 1 aliphatic heterocycles. The average Bonchev–Trinajstić information content (AvgIpc) is 2.80. The van der Waals surface area contributed by atoms with Crippen molar-refractivity contribution in [3.05, 3.63) is 35.9 Å². The molecule has 0 aliphatic carbocycles. The zero-order chi connectivity index (χ0) is 12.1. The van der Waals surface area contributed by atoms with Gasteiger partial charge in [0, 0.05) is 6.54 Å². The standard InChI is InChI=1S/C14H18N2O/c1-2-3-9-16-11-15-14(13(16)10-17)12-7-5-4-6-8-12/h4-8,10-11,13-14H,2-3,9H2,1H3. The number of rotatable bonds is 5. The van der Waals surface area contributed by atoms with Crippen molar-refractivity contribution in [3.8, 4) is 0 Å². The topological polar surface area (TPSA) is 32.7 Å². The van der Waals surface area contributed by atoms with Crippen molar-refractivity contribution >= 4 is 12.6 Å². The van der Waals surface area contributed by atoms with Crippen molar-refractivity contribution in [2.75, 3.05) is 6.54 Å². The minimum absolute atomic E-state index is 0.0365. The Bertz CT molecular complexity index is 388. The summed E-state index contributed by atoms with van der Waals surface area (Å²) in [4.78, 5) is 17.8. The van der Waals surface area contributed by atoms with E-state index in [1.165, 1.54) is 0 Å². The Hall–Kier alpha value is -1.64. The Morgan fingerprint density at radius 2 is 2.12 bits per heavy atom. The second-order valence-electron chi connectivity index (χ2n) is 4.34. The van der Waals surface area contributed by atoms with E-state index in [1.807, 2.05) is 41.6 Å². The van der Waals surface area contributed by atoms with Crippen LogP contribution in [-0.2, 0) is 4.79 Å². The van der Waals surface area contributed by atoms with Crippen LogP contribution in [0.15, 0.2) is 35.3 Å². The first-order valence-corrected chi connectivity index (χ1v) is 6.16. The van der Waals surface area contributed by atoms with Crippen molar-refractivity contribution in [3.63, 3.8) is 0 Å². The van der Waals surface area contributed by atoms with E-state index in [0.717, 1.165) is 31.2 Å². The summed E-state index contributed by atoms with van der Waals surface area (Å²) in [6, 6.07) is 9.84. The van der Waals surface area contributed by atoms with Crippen molar-refractivity contribution in [1.29, 1.82) is 0 Å². The molecule has 2 rings (SSSR count). The molecule has 0 spiro atoms. The third-order valence-corrected chi connectivity index (χ3v) is 3.13. The van der Waals surface area contributed by atoms with E-state index in [0.29, 0.717) is 0 Å². The lowest BCUT2D eigenvalue weighted by atomic mass is 10.0. The van der Waals surface area contributed by atoms with E-state index in [9.17, 15) is 4.79 Å². The van der Waals surface area contributed by atoms with Crippen molar-refractivity contribution in [2.45, 2.75) is 31.8 Å². The van der Waals surface area contributed by atoms with Gasteiger partial charge >= 0.3 is 0 Å². The SMILES string of the molecule is CCCCN1C=NC(c2ccccc2)C1C=O. The molecule has 0 radical (unpaired) electrons. The number of carbonyl (C=O) groups excluding carboxylic acids is 1. The highest BCUT2D eigenvalue weighted by molar-refractivity contribution is 5.72. The van der Waals surface area contributed by atoms with Crippen LogP contribution < -0.4 is 0 Å². The lowest BCUT2D eigenvalue weighted by Crippen LogP contribution is -2.35. The van der Waals surface area contributed by atoms with Crippen LogP contribution in [0.1, 0.15) is 31.4 Å². The molecule has 0 aromatic heterocycles. The molecule has 1 aromatic carbocycles. The van der Waals surface area contributed by atoms with Crippen molar-refractivity contribution in [2.24, 2.45) is 4.99 Å². The first-order valence-electron chi connectivity index (χ1n) is 6.16. The molecule has 3 nitrogen and oxygen atoms in total. The maximum Gasteiger partial charge on any atom is 0.144 e. The zero-order valence-corrected chi connectivity index (χ0v) is 10.1. The molecule has 1 heterocycles. The van der Waals surface area contributed by atoms with E-state index in [4.69, 9.17) is 0 Å². The van der Waals surface area contributed by atoms with Gasteiger partial charge in [-0.05, 0) is 12.0 Å². The summed E-state index contributed by atoms with van der Waals surface area (Å²) in [6.45, 7) is 3.06. The van der Waals surface area contributed by atoms with Crippen molar-refractivity contribution < 1.29 is 4.79 Å². The molecule has 1 aromatic rings. The Balaban J connectivity index is 2.11. The summed E-state index contributed by atoms with van der Waals surface area (Å²) in [5.74, 6) is 0. The third kappa shape index (κ3) is 2.54. The molecule has 1 aliphatic rings. The quantitative estimate of drug-likeness (QED) is 0.728. The minimum atomic E-state index is -0.135. The molecule has 0 saturated carbocycles. The molecule has 0 N–H and O–H groups in total. The Morgan fingerprint density at radius 3 is 2.76 bits per heavy atom. The predicted octanol–water partition coefficient (Wildman–Crippen LogP) is 2.44. The van der Waals surface area contributed by atoms with Gasteiger partial charge in [0.15, 0.2) is 0 Å². The van der Waals surface area contributed by atoms with Crippen LogP contribution >= 0.6 is 0 Å². The molecule has 2 unspecified atom stereocenters. The fourth-order valence-corrected chi connectivity index (χ4v) is 2.14. The van der Waals surface area contributed by atoms with Crippen LogP contribution in [0.3, 0.4) is 0 Å². The van der Waals surface area contributed by atoms with Crippen LogP contribution in [0.2, 0.25) is 0 Å². The lowest BCUT2D eigenvalue weighted by molar-refractivity contribution is -0.111. The Morgan fingerprint density at radius 1 is 1.35 bits per heavy atom. The second kappa shape index (κ2) is 5.62. The normalized spacial score (nSPS) is 23.0. The summed E-state index contributed by atoms with van der Waals surface area (Å²) in [5.41, 5.74) is 1.11. The molecule has 3 heteroatoms. The highest BCUT2D eigenvalue weighted by atomic mass is 16.1. The number of hydrogen-bond donors (Lipinski definition) is 0. The van der Waals surface area contributed by atoms with E-state index in [1.54, 1.807) is 0 Å². The van der Waals surface area contributed by atoms with E-state index >= 15 is 0 Å². The minimum Gasteiger partial charge on any atom is -0.351 e. The molecule has 2 atom stereocenters. The molecule has 0 saturated heterocycles. The van der Waals surface area contributed by atoms with E-state index in [2.05, 4.69) is 11.9 Å². The average molecular weight is 230 g/mol. The van der Waals surface area contributed by atoms with Gasteiger partial charge < -0.3 is 9.69 Å². The molecule has 0 fully saturated rings. The predicted molar refractivity (Wildman–Crippen MR) is 69.1 cm³/mol. The Kier molecular flexibility index (Phi) is 3.91. The molecule has 0 amide bonds. The van der Waals surface area contributed by atoms with Gasteiger partial charge in [-0.3, -0.25) is 4.99 Å². The fourth-order valence-electron chi connectivity index (χ4n) is 2.14. The first-order chi connectivity index (χ1) is 8.36. The number of nitrogens with zero attached hydrogens (tertiary/aromatic N) is 2. The fraction of sp³-hybridized carbons (Fsp3) is 0.429. The molecular weight excluding hydrogens is 212 g/mol. The van der Waals surface area contributed by atoms with Gasteiger partial charge in [-0.2, -0.15) is 0 Å². The number of unbranched alkanes of at least 4 members (excludes halogenated alkanes) is 1. The monoisotopic (exact) mass is 230 g/mol. The first kappa shape index (κ1) is 11.8. The largest absolute Gasteiger partial charge is 0.351 e. The summed E-state index contributed by atoms with van der Waals surface area (Å²) >= 11 is 0. The van der Waals surface area contributed by atoms with Crippen LogP contribution in [0.25, 0.3) is 0 Å². The van der Waals surface area contributed by atoms with Gasteiger partial charge in [0.05, 0.1) is 6.34 Å². The number of aldehydes is 1. The van der Waals surface area contributed by atoms with Gasteiger partial charge in [-0.1, -0.05) is 43.7 Å². The van der Waals surface area contributed by atoms with Gasteiger partial charge in [0.1, 0.15) is 18.4 Å². The van der Waals surface area contributed by atoms with Gasteiger partial charge in [0.2, 0.25) is 0 Å². The maximum atomic E-state index is 11.2. The van der Waals surface area contributed by atoms with Crippen LogP contribution in [0.5, 0.6) is 0 Å². The molecular formula is C14H18N2O. The molecule has 0 bridgehead atoms. The highest BCUT2D eigenvalue weighted by Gasteiger charge is 2.30. The summed E-state index contributed by atoms with van der Waals surface area (Å²) < 4.78 is 0. The van der Waals surface area contributed by atoms with Gasteiger partial charge in [-0.15, -0.1) is 0 Å². The van der Waals surface area contributed by atoms with Crippen LogP contribution in [-0.4, -0.2) is 30.1 Å². The summed E-state index contributed by atoms with van der Waals surface area (Å²) in [7, 11) is 0. The summed E-state index contributed by atoms with van der Waals surface area (Å²) in [6.07, 6.45) is 5.07. The maximum absolute atomic E-state index is 11.2. The van der Waals surface area contributed by atoms with Crippen LogP contribution in [0, 0.1) is 0 Å². The number of carbonyl (C=O) groups is 1. The highest BCUT2D eigenvalue weighted by Crippen LogP contribution is 2.27. The zero-order valence-electron chi connectivity index (χ0n) is 10.1. The number of benzene rings is 1.